The minimum Gasteiger partial charge on any atom is -0.480 e. The third-order valence-corrected chi connectivity index (χ3v) is 3.80. The molecule has 5 heteroatoms. The highest BCUT2D eigenvalue weighted by Crippen LogP contribution is 2.28. The highest BCUT2D eigenvalue weighted by atomic mass is 79.9. The first-order valence-corrected chi connectivity index (χ1v) is 6.88. The molecule has 4 nitrogen and oxygen atoms in total. The van der Waals surface area contributed by atoms with Gasteiger partial charge in [-0.1, -0.05) is 12.8 Å². The van der Waals surface area contributed by atoms with Crippen LogP contribution in [0, 0.1) is 0 Å². The van der Waals surface area contributed by atoms with Gasteiger partial charge in [-0.05, 0) is 35.7 Å². The van der Waals surface area contributed by atoms with Gasteiger partial charge in [-0.15, -0.1) is 0 Å². The lowest BCUT2D eigenvalue weighted by Gasteiger charge is -2.27. The minimum absolute atomic E-state index is 0.589. The van der Waals surface area contributed by atoms with E-state index in [2.05, 4.69) is 37.7 Å². The molecule has 0 radical (unpaired) electrons. The minimum atomic E-state index is 0.589. The van der Waals surface area contributed by atoms with Gasteiger partial charge in [0, 0.05) is 12.6 Å². The van der Waals surface area contributed by atoms with E-state index in [1.807, 2.05) is 0 Å². The Labute approximate surface area is 111 Å². The van der Waals surface area contributed by atoms with Crippen LogP contribution in [0.15, 0.2) is 10.7 Å². The van der Waals surface area contributed by atoms with Crippen molar-refractivity contribution in [2.75, 3.05) is 18.6 Å². The van der Waals surface area contributed by atoms with Gasteiger partial charge in [0.2, 0.25) is 11.8 Å². The SMILES string of the molecule is CCN(c1ncc(Br)c(OC)n1)C1CCCC1. The number of methoxy groups -OCH3 is 1. The van der Waals surface area contributed by atoms with Crippen LogP contribution in [0.2, 0.25) is 0 Å². The molecule has 1 aromatic heterocycles. The molecule has 0 amide bonds. The zero-order valence-electron chi connectivity index (χ0n) is 10.3. The van der Waals surface area contributed by atoms with Gasteiger partial charge >= 0.3 is 0 Å². The van der Waals surface area contributed by atoms with E-state index in [0.29, 0.717) is 11.9 Å². The Kier molecular flexibility index (Phi) is 4.20. The van der Waals surface area contributed by atoms with Gasteiger partial charge in [-0.25, -0.2) is 4.98 Å². The Bertz CT molecular complexity index is 380. The summed E-state index contributed by atoms with van der Waals surface area (Å²) in [6, 6.07) is 0.589. The largest absolute Gasteiger partial charge is 0.480 e. The molecule has 2 rings (SSSR count). The molecular formula is C12H18BrN3O. The highest BCUT2D eigenvalue weighted by Gasteiger charge is 2.24. The van der Waals surface area contributed by atoms with Gasteiger partial charge in [-0.2, -0.15) is 4.98 Å². The maximum Gasteiger partial charge on any atom is 0.232 e. The summed E-state index contributed by atoms with van der Waals surface area (Å²) in [6.07, 6.45) is 6.88. The summed E-state index contributed by atoms with van der Waals surface area (Å²) in [4.78, 5) is 11.1. The molecule has 0 saturated heterocycles. The molecule has 1 aliphatic rings. The van der Waals surface area contributed by atoms with E-state index in [1.54, 1.807) is 13.3 Å². The molecule has 1 saturated carbocycles. The van der Waals surface area contributed by atoms with E-state index >= 15 is 0 Å². The lowest BCUT2D eigenvalue weighted by atomic mass is 10.2. The number of anilines is 1. The van der Waals surface area contributed by atoms with Gasteiger partial charge in [0.1, 0.15) is 0 Å². The van der Waals surface area contributed by atoms with E-state index in [4.69, 9.17) is 4.74 Å². The third-order valence-electron chi connectivity index (χ3n) is 3.26. The van der Waals surface area contributed by atoms with Crippen molar-refractivity contribution in [2.45, 2.75) is 38.6 Å². The number of aromatic nitrogens is 2. The maximum absolute atomic E-state index is 5.22. The van der Waals surface area contributed by atoms with Gasteiger partial charge in [-0.3, -0.25) is 0 Å². The Morgan fingerprint density at radius 2 is 2.18 bits per heavy atom. The zero-order chi connectivity index (χ0) is 12.3. The number of hydrogen-bond donors (Lipinski definition) is 0. The summed E-state index contributed by atoms with van der Waals surface area (Å²) in [5.74, 6) is 1.38. The molecule has 1 aromatic rings. The van der Waals surface area contributed by atoms with E-state index in [-0.39, 0.29) is 0 Å². The molecule has 0 bridgehead atoms. The lowest BCUT2D eigenvalue weighted by molar-refractivity contribution is 0.393. The van der Waals surface area contributed by atoms with Crippen molar-refractivity contribution in [3.8, 4) is 5.88 Å². The summed E-state index contributed by atoms with van der Waals surface area (Å²) in [6.45, 7) is 3.09. The van der Waals surface area contributed by atoms with Crippen LogP contribution in [-0.2, 0) is 0 Å². The summed E-state index contributed by atoms with van der Waals surface area (Å²) >= 11 is 3.38. The van der Waals surface area contributed by atoms with Crippen molar-refractivity contribution < 1.29 is 4.74 Å². The zero-order valence-corrected chi connectivity index (χ0v) is 11.9. The molecule has 1 fully saturated rings. The molecule has 1 heterocycles. The van der Waals surface area contributed by atoms with Crippen LogP contribution in [-0.4, -0.2) is 29.7 Å². The molecule has 0 atom stereocenters. The average molecular weight is 300 g/mol. The molecule has 0 aromatic carbocycles. The number of nitrogens with zero attached hydrogens (tertiary/aromatic N) is 3. The van der Waals surface area contributed by atoms with Crippen LogP contribution in [0.1, 0.15) is 32.6 Å². The number of hydrogen-bond acceptors (Lipinski definition) is 4. The summed E-state index contributed by atoms with van der Waals surface area (Å²) in [5, 5.41) is 0. The standard InChI is InChI=1S/C12H18BrN3O/c1-3-16(9-6-4-5-7-9)12-14-8-10(13)11(15-12)17-2/h8-9H,3-7H2,1-2H3. The predicted molar refractivity (Wildman–Crippen MR) is 71.6 cm³/mol. The van der Waals surface area contributed by atoms with E-state index < -0.39 is 0 Å². The van der Waals surface area contributed by atoms with Crippen molar-refractivity contribution in [3.63, 3.8) is 0 Å². The molecular weight excluding hydrogens is 282 g/mol. The van der Waals surface area contributed by atoms with Crippen LogP contribution in [0.25, 0.3) is 0 Å². The second-order valence-corrected chi connectivity index (χ2v) is 5.11. The van der Waals surface area contributed by atoms with Gasteiger partial charge in [0.05, 0.1) is 17.8 Å². The van der Waals surface area contributed by atoms with Crippen LogP contribution in [0.4, 0.5) is 5.95 Å². The van der Waals surface area contributed by atoms with Crippen molar-refractivity contribution in [1.29, 1.82) is 0 Å². The normalized spacial score (nSPS) is 16.2. The third kappa shape index (κ3) is 2.70. The summed E-state index contributed by atoms with van der Waals surface area (Å²) in [7, 11) is 1.63. The topological polar surface area (TPSA) is 38.2 Å². The highest BCUT2D eigenvalue weighted by molar-refractivity contribution is 9.10. The maximum atomic E-state index is 5.22. The molecule has 0 unspecified atom stereocenters. The first kappa shape index (κ1) is 12.6. The van der Waals surface area contributed by atoms with Crippen molar-refractivity contribution >= 4 is 21.9 Å². The number of halogens is 1. The summed E-state index contributed by atoms with van der Waals surface area (Å²) in [5.41, 5.74) is 0. The second-order valence-electron chi connectivity index (χ2n) is 4.25. The van der Waals surface area contributed by atoms with Crippen LogP contribution < -0.4 is 9.64 Å². The predicted octanol–water partition coefficient (Wildman–Crippen LogP) is 3.02. The molecule has 94 valence electrons. The monoisotopic (exact) mass is 299 g/mol. The fraction of sp³-hybridized carbons (Fsp3) is 0.667. The van der Waals surface area contributed by atoms with Crippen LogP contribution >= 0.6 is 15.9 Å². The van der Waals surface area contributed by atoms with Crippen LogP contribution in [0.3, 0.4) is 0 Å². The van der Waals surface area contributed by atoms with Gasteiger partial charge < -0.3 is 9.64 Å². The smallest absolute Gasteiger partial charge is 0.232 e. The second kappa shape index (κ2) is 5.67. The molecule has 0 aliphatic heterocycles. The fourth-order valence-electron chi connectivity index (χ4n) is 2.40. The van der Waals surface area contributed by atoms with Crippen molar-refractivity contribution in [2.24, 2.45) is 0 Å². The van der Waals surface area contributed by atoms with E-state index in [9.17, 15) is 0 Å². The quantitative estimate of drug-likeness (QED) is 0.856. The van der Waals surface area contributed by atoms with Crippen molar-refractivity contribution in [1.82, 2.24) is 9.97 Å². The van der Waals surface area contributed by atoms with Crippen LogP contribution in [0.5, 0.6) is 5.88 Å². The van der Waals surface area contributed by atoms with Gasteiger partial charge in [0.25, 0.3) is 0 Å². The Morgan fingerprint density at radius 1 is 1.47 bits per heavy atom. The van der Waals surface area contributed by atoms with Gasteiger partial charge in [0.15, 0.2) is 0 Å². The van der Waals surface area contributed by atoms with Crippen molar-refractivity contribution in [3.05, 3.63) is 10.7 Å². The first-order valence-electron chi connectivity index (χ1n) is 6.09. The number of ether oxygens (including phenoxy) is 1. The lowest BCUT2D eigenvalue weighted by Crippen LogP contribution is -2.34. The number of rotatable bonds is 4. The average Bonchev–Trinajstić information content (AvgIpc) is 2.86. The first-order chi connectivity index (χ1) is 8.26. The Hall–Kier alpha value is -0.840. The molecule has 1 aliphatic carbocycles. The Balaban J connectivity index is 2.23. The molecule has 0 spiro atoms. The molecule has 17 heavy (non-hydrogen) atoms. The Morgan fingerprint density at radius 3 is 2.76 bits per heavy atom. The van der Waals surface area contributed by atoms with E-state index in [0.717, 1.165) is 17.0 Å². The fourth-order valence-corrected chi connectivity index (χ4v) is 2.76. The summed E-state index contributed by atoms with van der Waals surface area (Å²) < 4.78 is 6.02. The van der Waals surface area contributed by atoms with E-state index in [1.165, 1.54) is 25.7 Å². The molecule has 0 N–H and O–H groups in total.